The normalized spacial score (nSPS) is 10.9. The molecule has 8 heteroatoms. The SMILES string of the molecule is O=C(Nc1nc2ccccc2s1)c1cn(-c2cccc(Br)c2)nn1. The second kappa shape index (κ2) is 6.14. The van der Waals surface area contributed by atoms with Crippen LogP contribution in [0.1, 0.15) is 10.5 Å². The van der Waals surface area contributed by atoms with Crippen LogP contribution in [-0.4, -0.2) is 25.9 Å². The van der Waals surface area contributed by atoms with Crippen LogP contribution in [0, 0.1) is 0 Å². The van der Waals surface area contributed by atoms with Crippen molar-refractivity contribution in [3.63, 3.8) is 0 Å². The molecule has 0 fully saturated rings. The van der Waals surface area contributed by atoms with Gasteiger partial charge in [-0.2, -0.15) is 0 Å². The molecule has 2 heterocycles. The molecule has 0 bridgehead atoms. The fourth-order valence-corrected chi connectivity index (χ4v) is 3.45. The van der Waals surface area contributed by atoms with E-state index in [9.17, 15) is 4.79 Å². The van der Waals surface area contributed by atoms with Crippen LogP contribution in [0.15, 0.2) is 59.2 Å². The van der Waals surface area contributed by atoms with Crippen LogP contribution in [-0.2, 0) is 0 Å². The second-order valence-corrected chi connectivity index (χ2v) is 6.92. The van der Waals surface area contributed by atoms with Crippen molar-refractivity contribution in [2.45, 2.75) is 0 Å². The number of aromatic nitrogens is 4. The molecule has 24 heavy (non-hydrogen) atoms. The fourth-order valence-electron chi connectivity index (χ4n) is 2.20. The predicted molar refractivity (Wildman–Crippen MR) is 96.6 cm³/mol. The number of thiazole rings is 1. The summed E-state index contributed by atoms with van der Waals surface area (Å²) in [7, 11) is 0. The minimum atomic E-state index is -0.338. The summed E-state index contributed by atoms with van der Waals surface area (Å²) in [5.41, 5.74) is 1.90. The summed E-state index contributed by atoms with van der Waals surface area (Å²) in [5.74, 6) is -0.338. The summed E-state index contributed by atoms with van der Waals surface area (Å²) in [5, 5.41) is 11.2. The van der Waals surface area contributed by atoms with Gasteiger partial charge in [0, 0.05) is 4.47 Å². The van der Waals surface area contributed by atoms with Gasteiger partial charge in [0.05, 0.1) is 22.1 Å². The molecule has 0 radical (unpaired) electrons. The number of carbonyl (C=O) groups is 1. The van der Waals surface area contributed by atoms with Crippen LogP contribution in [0.5, 0.6) is 0 Å². The number of rotatable bonds is 3. The van der Waals surface area contributed by atoms with Crippen LogP contribution >= 0.6 is 27.3 Å². The van der Waals surface area contributed by atoms with Crippen LogP contribution in [0.25, 0.3) is 15.9 Å². The zero-order chi connectivity index (χ0) is 16.5. The molecule has 1 amide bonds. The Kier molecular flexibility index (Phi) is 3.83. The highest BCUT2D eigenvalue weighted by molar-refractivity contribution is 9.10. The van der Waals surface area contributed by atoms with Crippen molar-refractivity contribution in [2.75, 3.05) is 5.32 Å². The summed E-state index contributed by atoms with van der Waals surface area (Å²) in [6.07, 6.45) is 1.59. The largest absolute Gasteiger partial charge is 0.296 e. The Morgan fingerprint density at radius 3 is 2.88 bits per heavy atom. The standard InChI is InChI=1S/C16H10BrN5OS/c17-10-4-3-5-11(8-10)22-9-13(20-21-22)15(23)19-16-18-12-6-1-2-7-14(12)24-16/h1-9H,(H,18,19,23). The molecular formula is C16H10BrN5OS. The molecule has 0 unspecified atom stereocenters. The number of nitrogens with one attached hydrogen (secondary N) is 1. The third-order valence-corrected chi connectivity index (χ3v) is 4.76. The van der Waals surface area contributed by atoms with E-state index < -0.39 is 0 Å². The van der Waals surface area contributed by atoms with E-state index in [-0.39, 0.29) is 11.6 Å². The van der Waals surface area contributed by atoms with Crippen molar-refractivity contribution in [1.29, 1.82) is 0 Å². The predicted octanol–water partition coefficient (Wildman–Crippen LogP) is 3.89. The van der Waals surface area contributed by atoms with Gasteiger partial charge in [0.25, 0.3) is 5.91 Å². The Hall–Kier alpha value is -2.58. The number of anilines is 1. The number of halogens is 1. The molecule has 6 nitrogen and oxygen atoms in total. The number of hydrogen-bond acceptors (Lipinski definition) is 5. The average Bonchev–Trinajstić information content (AvgIpc) is 3.21. The molecule has 1 N–H and O–H groups in total. The number of hydrogen-bond donors (Lipinski definition) is 1. The van der Waals surface area contributed by atoms with Crippen molar-refractivity contribution in [3.8, 4) is 5.69 Å². The van der Waals surface area contributed by atoms with Gasteiger partial charge in [-0.05, 0) is 30.3 Å². The number of benzene rings is 2. The lowest BCUT2D eigenvalue weighted by Crippen LogP contribution is -2.12. The molecular weight excluding hydrogens is 390 g/mol. The number of nitrogens with zero attached hydrogens (tertiary/aromatic N) is 4. The molecule has 0 aliphatic rings. The van der Waals surface area contributed by atoms with Crippen molar-refractivity contribution in [1.82, 2.24) is 20.0 Å². The van der Waals surface area contributed by atoms with Gasteiger partial charge in [-0.15, -0.1) is 5.10 Å². The van der Waals surface area contributed by atoms with Crippen LogP contribution in [0.2, 0.25) is 0 Å². The zero-order valence-electron chi connectivity index (χ0n) is 12.2. The van der Waals surface area contributed by atoms with Crippen molar-refractivity contribution < 1.29 is 4.79 Å². The summed E-state index contributed by atoms with van der Waals surface area (Å²) in [6, 6.07) is 15.3. The highest BCUT2D eigenvalue weighted by atomic mass is 79.9. The third kappa shape index (κ3) is 2.93. The van der Waals surface area contributed by atoms with Gasteiger partial charge in [0.1, 0.15) is 0 Å². The van der Waals surface area contributed by atoms with E-state index in [0.717, 1.165) is 20.4 Å². The van der Waals surface area contributed by atoms with E-state index in [1.165, 1.54) is 11.3 Å². The number of para-hydroxylation sites is 1. The highest BCUT2D eigenvalue weighted by Crippen LogP contribution is 2.25. The lowest BCUT2D eigenvalue weighted by atomic mass is 10.3. The minimum absolute atomic E-state index is 0.231. The first-order valence-electron chi connectivity index (χ1n) is 7.04. The van der Waals surface area contributed by atoms with Gasteiger partial charge in [-0.25, -0.2) is 9.67 Å². The molecule has 0 aliphatic carbocycles. The first kappa shape index (κ1) is 15.0. The summed E-state index contributed by atoms with van der Waals surface area (Å²) < 4.78 is 3.50. The summed E-state index contributed by atoms with van der Waals surface area (Å²) in [4.78, 5) is 16.7. The van der Waals surface area contributed by atoms with Crippen molar-refractivity contribution in [3.05, 3.63) is 64.9 Å². The van der Waals surface area contributed by atoms with Gasteiger partial charge < -0.3 is 0 Å². The molecule has 0 atom stereocenters. The maximum absolute atomic E-state index is 12.3. The molecule has 0 aliphatic heterocycles. The maximum Gasteiger partial charge on any atom is 0.279 e. The maximum atomic E-state index is 12.3. The Bertz CT molecular complexity index is 1010. The summed E-state index contributed by atoms with van der Waals surface area (Å²) >= 11 is 4.83. The lowest BCUT2D eigenvalue weighted by Gasteiger charge is -1.99. The average molecular weight is 400 g/mol. The minimum Gasteiger partial charge on any atom is -0.296 e. The first-order valence-corrected chi connectivity index (χ1v) is 8.65. The Balaban J connectivity index is 1.56. The number of fused-ring (bicyclic) bond motifs is 1. The molecule has 0 saturated heterocycles. The van der Waals surface area contributed by atoms with Crippen molar-refractivity contribution in [2.24, 2.45) is 0 Å². The van der Waals surface area contributed by atoms with Crippen LogP contribution < -0.4 is 5.32 Å². The Morgan fingerprint density at radius 2 is 2.04 bits per heavy atom. The van der Waals surface area contributed by atoms with Gasteiger partial charge in [-0.3, -0.25) is 10.1 Å². The zero-order valence-corrected chi connectivity index (χ0v) is 14.6. The summed E-state index contributed by atoms with van der Waals surface area (Å²) in [6.45, 7) is 0. The van der Waals surface area contributed by atoms with E-state index in [2.05, 4.69) is 36.5 Å². The van der Waals surface area contributed by atoms with E-state index in [1.807, 2.05) is 48.5 Å². The molecule has 4 aromatic rings. The fraction of sp³-hybridized carbons (Fsp3) is 0. The van der Waals surface area contributed by atoms with E-state index in [4.69, 9.17) is 0 Å². The monoisotopic (exact) mass is 399 g/mol. The van der Waals surface area contributed by atoms with E-state index in [0.29, 0.717) is 5.13 Å². The quantitative estimate of drug-likeness (QED) is 0.566. The van der Waals surface area contributed by atoms with Crippen LogP contribution in [0.3, 0.4) is 0 Å². The van der Waals surface area contributed by atoms with Gasteiger partial charge >= 0.3 is 0 Å². The molecule has 2 aromatic carbocycles. The molecule has 2 aromatic heterocycles. The third-order valence-electron chi connectivity index (χ3n) is 3.31. The van der Waals surface area contributed by atoms with Gasteiger partial charge in [0.2, 0.25) is 0 Å². The van der Waals surface area contributed by atoms with Gasteiger partial charge in [0.15, 0.2) is 10.8 Å². The highest BCUT2D eigenvalue weighted by Gasteiger charge is 2.14. The molecule has 118 valence electrons. The Morgan fingerprint density at radius 1 is 1.17 bits per heavy atom. The molecule has 4 rings (SSSR count). The van der Waals surface area contributed by atoms with E-state index >= 15 is 0 Å². The Labute approximate surface area is 149 Å². The van der Waals surface area contributed by atoms with Gasteiger partial charge in [-0.1, -0.05) is 50.7 Å². The van der Waals surface area contributed by atoms with Crippen molar-refractivity contribution >= 4 is 48.5 Å². The molecule has 0 saturated carbocycles. The number of carbonyl (C=O) groups excluding carboxylic acids is 1. The smallest absolute Gasteiger partial charge is 0.279 e. The number of amides is 1. The first-order chi connectivity index (χ1) is 11.7. The lowest BCUT2D eigenvalue weighted by molar-refractivity contribution is 0.102. The topological polar surface area (TPSA) is 72.7 Å². The van der Waals surface area contributed by atoms with Crippen LogP contribution in [0.4, 0.5) is 5.13 Å². The molecule has 0 spiro atoms. The second-order valence-electron chi connectivity index (χ2n) is 4.97. The van der Waals surface area contributed by atoms with E-state index in [1.54, 1.807) is 10.9 Å².